The summed E-state index contributed by atoms with van der Waals surface area (Å²) in [5.41, 5.74) is 1.97. The molecule has 2 aromatic rings. The molecular formula is C13H11BrClNO. The van der Waals surface area contributed by atoms with E-state index in [1.165, 1.54) is 0 Å². The third-order valence-electron chi connectivity index (χ3n) is 2.19. The lowest BCUT2D eigenvalue weighted by Gasteiger charge is -2.04. The third-order valence-corrected chi connectivity index (χ3v) is 2.91. The highest BCUT2D eigenvalue weighted by Crippen LogP contribution is 2.13. The Labute approximate surface area is 114 Å². The predicted octanol–water partition coefficient (Wildman–Crippen LogP) is 4.21. The van der Waals surface area contributed by atoms with Crippen LogP contribution in [0.5, 0.6) is 0 Å². The van der Waals surface area contributed by atoms with E-state index in [0.29, 0.717) is 18.2 Å². The molecule has 1 aromatic carbocycles. The number of pyridine rings is 1. The van der Waals surface area contributed by atoms with E-state index in [-0.39, 0.29) is 0 Å². The molecule has 0 saturated heterocycles. The summed E-state index contributed by atoms with van der Waals surface area (Å²) in [6.45, 7) is 1.03. The van der Waals surface area contributed by atoms with E-state index in [9.17, 15) is 0 Å². The zero-order chi connectivity index (χ0) is 12.1. The fraction of sp³-hybridized carbons (Fsp3) is 0.154. The van der Waals surface area contributed by atoms with Crippen LogP contribution in [0.1, 0.15) is 11.3 Å². The standard InChI is InChI=1S/C13H11BrClNO/c14-11-3-1-2-10(6-11)8-17-9-13-7-12(15)4-5-16-13/h1-7H,8-9H2. The highest BCUT2D eigenvalue weighted by atomic mass is 79.9. The topological polar surface area (TPSA) is 22.1 Å². The second-order valence-electron chi connectivity index (χ2n) is 3.59. The average molecular weight is 313 g/mol. The zero-order valence-corrected chi connectivity index (χ0v) is 11.4. The predicted molar refractivity (Wildman–Crippen MR) is 71.9 cm³/mol. The van der Waals surface area contributed by atoms with Crippen molar-refractivity contribution in [3.05, 3.63) is 63.3 Å². The number of nitrogens with zero attached hydrogens (tertiary/aromatic N) is 1. The monoisotopic (exact) mass is 311 g/mol. The number of hydrogen-bond acceptors (Lipinski definition) is 2. The van der Waals surface area contributed by atoms with Gasteiger partial charge >= 0.3 is 0 Å². The fourth-order valence-electron chi connectivity index (χ4n) is 1.43. The van der Waals surface area contributed by atoms with Gasteiger partial charge in [-0.25, -0.2) is 0 Å². The molecule has 2 rings (SSSR count). The van der Waals surface area contributed by atoms with E-state index in [1.54, 1.807) is 12.3 Å². The molecule has 1 aromatic heterocycles. The Morgan fingerprint density at radius 3 is 2.82 bits per heavy atom. The maximum atomic E-state index is 5.86. The van der Waals surface area contributed by atoms with Crippen LogP contribution in [-0.2, 0) is 18.0 Å². The molecule has 0 amide bonds. The van der Waals surface area contributed by atoms with E-state index < -0.39 is 0 Å². The summed E-state index contributed by atoms with van der Waals surface area (Å²) in [5, 5.41) is 0.682. The number of ether oxygens (including phenoxy) is 1. The van der Waals surface area contributed by atoms with Gasteiger partial charge in [-0.3, -0.25) is 4.98 Å². The molecule has 0 aliphatic rings. The molecule has 88 valence electrons. The maximum Gasteiger partial charge on any atom is 0.0892 e. The Morgan fingerprint density at radius 1 is 1.18 bits per heavy atom. The quantitative estimate of drug-likeness (QED) is 0.843. The van der Waals surface area contributed by atoms with Crippen molar-refractivity contribution in [2.75, 3.05) is 0 Å². The van der Waals surface area contributed by atoms with Crippen molar-refractivity contribution in [1.82, 2.24) is 4.98 Å². The first kappa shape index (κ1) is 12.6. The second-order valence-corrected chi connectivity index (χ2v) is 4.94. The fourth-order valence-corrected chi connectivity index (χ4v) is 2.06. The van der Waals surface area contributed by atoms with Crippen LogP contribution in [0.2, 0.25) is 5.02 Å². The number of aromatic nitrogens is 1. The van der Waals surface area contributed by atoms with Gasteiger partial charge in [-0.05, 0) is 29.8 Å². The van der Waals surface area contributed by atoms with Gasteiger partial charge < -0.3 is 4.74 Å². The minimum absolute atomic E-state index is 0.465. The molecule has 17 heavy (non-hydrogen) atoms. The van der Waals surface area contributed by atoms with E-state index in [1.807, 2.05) is 30.3 Å². The minimum Gasteiger partial charge on any atom is -0.370 e. The first-order valence-corrected chi connectivity index (χ1v) is 6.34. The average Bonchev–Trinajstić information content (AvgIpc) is 2.29. The molecule has 0 saturated carbocycles. The summed E-state index contributed by atoms with van der Waals surface area (Å²) in [6, 6.07) is 11.6. The molecule has 0 N–H and O–H groups in total. The number of benzene rings is 1. The van der Waals surface area contributed by atoms with Gasteiger partial charge in [0.2, 0.25) is 0 Å². The molecule has 4 heteroatoms. The normalized spacial score (nSPS) is 10.5. The zero-order valence-electron chi connectivity index (χ0n) is 9.07. The summed E-state index contributed by atoms with van der Waals surface area (Å²) in [6.07, 6.45) is 1.68. The molecule has 0 spiro atoms. The lowest BCUT2D eigenvalue weighted by molar-refractivity contribution is 0.104. The van der Waals surface area contributed by atoms with Crippen molar-refractivity contribution >= 4 is 27.5 Å². The van der Waals surface area contributed by atoms with Crippen LogP contribution in [0.4, 0.5) is 0 Å². The van der Waals surface area contributed by atoms with E-state index in [2.05, 4.69) is 20.9 Å². The molecule has 0 atom stereocenters. The van der Waals surface area contributed by atoms with Crippen LogP contribution in [0, 0.1) is 0 Å². The van der Waals surface area contributed by atoms with Gasteiger partial charge in [0.05, 0.1) is 18.9 Å². The molecule has 0 unspecified atom stereocenters. The maximum absolute atomic E-state index is 5.86. The highest BCUT2D eigenvalue weighted by molar-refractivity contribution is 9.10. The van der Waals surface area contributed by atoms with Crippen LogP contribution in [0.25, 0.3) is 0 Å². The van der Waals surface area contributed by atoms with Gasteiger partial charge in [0.1, 0.15) is 0 Å². The minimum atomic E-state index is 0.465. The van der Waals surface area contributed by atoms with Gasteiger partial charge in [-0.2, -0.15) is 0 Å². The first-order chi connectivity index (χ1) is 8.24. The molecule has 0 bridgehead atoms. The molecule has 0 aliphatic carbocycles. The molecular weight excluding hydrogens is 302 g/mol. The number of hydrogen-bond donors (Lipinski definition) is 0. The molecule has 2 nitrogen and oxygen atoms in total. The molecule has 0 fully saturated rings. The number of rotatable bonds is 4. The Hall–Kier alpha value is -0.900. The van der Waals surface area contributed by atoms with Gasteiger partial charge in [-0.1, -0.05) is 39.7 Å². The van der Waals surface area contributed by atoms with Gasteiger partial charge in [-0.15, -0.1) is 0 Å². The van der Waals surface area contributed by atoms with Crippen LogP contribution in [0.3, 0.4) is 0 Å². The Morgan fingerprint density at radius 2 is 2.06 bits per heavy atom. The summed E-state index contributed by atoms with van der Waals surface area (Å²) in [5.74, 6) is 0. The van der Waals surface area contributed by atoms with Crippen molar-refractivity contribution in [3.8, 4) is 0 Å². The van der Waals surface area contributed by atoms with Gasteiger partial charge in [0, 0.05) is 15.7 Å². The lowest BCUT2D eigenvalue weighted by Crippen LogP contribution is -1.96. The van der Waals surface area contributed by atoms with Crippen molar-refractivity contribution in [1.29, 1.82) is 0 Å². The van der Waals surface area contributed by atoms with Gasteiger partial charge in [0.15, 0.2) is 0 Å². The van der Waals surface area contributed by atoms with E-state index >= 15 is 0 Å². The van der Waals surface area contributed by atoms with Crippen molar-refractivity contribution < 1.29 is 4.74 Å². The van der Waals surface area contributed by atoms with Crippen LogP contribution >= 0.6 is 27.5 Å². The summed E-state index contributed by atoms with van der Waals surface area (Å²) in [7, 11) is 0. The van der Waals surface area contributed by atoms with E-state index in [4.69, 9.17) is 16.3 Å². The van der Waals surface area contributed by atoms with E-state index in [0.717, 1.165) is 15.7 Å². The van der Waals surface area contributed by atoms with Crippen molar-refractivity contribution in [2.24, 2.45) is 0 Å². The van der Waals surface area contributed by atoms with Crippen LogP contribution in [-0.4, -0.2) is 4.98 Å². The molecule has 0 aliphatic heterocycles. The van der Waals surface area contributed by atoms with Crippen LogP contribution < -0.4 is 0 Å². The van der Waals surface area contributed by atoms with Gasteiger partial charge in [0.25, 0.3) is 0 Å². The third kappa shape index (κ3) is 4.11. The van der Waals surface area contributed by atoms with Crippen molar-refractivity contribution in [3.63, 3.8) is 0 Å². The Bertz CT molecular complexity index is 459. The smallest absolute Gasteiger partial charge is 0.0892 e. The SMILES string of the molecule is Clc1ccnc(COCc2cccc(Br)c2)c1. The Kier molecular flexibility index (Phi) is 4.54. The highest BCUT2D eigenvalue weighted by Gasteiger charge is 1.98. The lowest BCUT2D eigenvalue weighted by atomic mass is 10.2. The second kappa shape index (κ2) is 6.15. The van der Waals surface area contributed by atoms with Crippen molar-refractivity contribution in [2.45, 2.75) is 13.2 Å². The number of halogens is 2. The largest absolute Gasteiger partial charge is 0.370 e. The molecule has 0 radical (unpaired) electrons. The van der Waals surface area contributed by atoms with Crippen LogP contribution in [0.15, 0.2) is 47.1 Å². The summed E-state index contributed by atoms with van der Waals surface area (Å²) in [4.78, 5) is 4.17. The Balaban J connectivity index is 1.87. The summed E-state index contributed by atoms with van der Waals surface area (Å²) >= 11 is 9.28. The first-order valence-electron chi connectivity index (χ1n) is 5.16. The summed E-state index contributed by atoms with van der Waals surface area (Å²) < 4.78 is 6.63. The molecule has 1 heterocycles.